The van der Waals surface area contributed by atoms with Crippen LogP contribution in [0, 0.1) is 28.6 Å². The molecule has 84 heavy (non-hydrogen) atoms. The van der Waals surface area contributed by atoms with Gasteiger partial charge in [0, 0.05) is 91.0 Å². The van der Waals surface area contributed by atoms with Crippen LogP contribution in [0.1, 0.15) is 153 Å². The molecule has 3 saturated carbocycles. The van der Waals surface area contributed by atoms with Gasteiger partial charge in [-0.25, -0.2) is 4.79 Å². The number of ketones is 1. The van der Waals surface area contributed by atoms with E-state index >= 15 is 0 Å². The first kappa shape index (κ1) is 66.3. The highest BCUT2D eigenvalue weighted by molar-refractivity contribution is 5.83. The number of ether oxygens (including phenoxy) is 16. The van der Waals surface area contributed by atoms with Gasteiger partial charge in [0.2, 0.25) is 0 Å². The van der Waals surface area contributed by atoms with Crippen LogP contribution < -0.4 is 0 Å². The standard InChI is InChI=1S/C63H102O21/c1-31(2)32(3)23-49(65)80-48-30-47-60(10)20-18-40(24-39(60)17-21-62(47,67)63(68)22-19-41(33(4)64)61(48,63)11)79-50-26-43(70-13)56(35(6)75-50)82-52-28-45(72-15)58(37(8)77-52)84-54-29-46(73-16)59(38(9)78-54)83-53-27-44(71-14)57(36(7)76-53)81-51-25-42(69-12)55(66)34(5)74-51/h17,23,31,34-38,40-48,50-59,66-68H,18-22,24-30H2,1-16H3/b32-23+/t34-,35-,36-,37-,38-,40+,41+,42-,43+,44+,45+,46-,47-,48-,50+,51+,52+,53+,54+,55-,56-,57-,58-,59-,60+,61+,62+,63-/m1/s1. The Morgan fingerprint density at radius 1 is 0.595 bits per heavy atom. The molecule has 0 amide bonds. The number of hydrogen-bond donors (Lipinski definition) is 3. The minimum absolute atomic E-state index is 0.0769. The van der Waals surface area contributed by atoms with Crippen LogP contribution in [-0.2, 0) is 85.4 Å². The molecule has 28 atom stereocenters. The number of hydrogen-bond acceptors (Lipinski definition) is 21. The lowest BCUT2D eigenvalue weighted by Gasteiger charge is -2.66. The summed E-state index contributed by atoms with van der Waals surface area (Å²) in [7, 11) is 8.17. The summed E-state index contributed by atoms with van der Waals surface area (Å²) in [6.45, 7) is 21.0. The van der Waals surface area contributed by atoms with E-state index in [0.717, 1.165) is 11.1 Å². The van der Waals surface area contributed by atoms with Gasteiger partial charge >= 0.3 is 5.97 Å². The predicted octanol–water partition coefficient (Wildman–Crippen LogP) is 6.54. The number of carbonyl (C=O) groups excluding carboxylic acids is 2. The lowest BCUT2D eigenvalue weighted by Crippen LogP contribution is -2.75. The Morgan fingerprint density at radius 3 is 1.43 bits per heavy atom. The van der Waals surface area contributed by atoms with Crippen LogP contribution in [0.4, 0.5) is 0 Å². The SMILES string of the molecule is CO[C@H]1C[C@H](O[C@H]2CC[C@@]3(C)C(=CC[C@]4(O)[C@@H]3C[C@@H](OC(=O)/C=C(\C)C(C)C)[C@]3(C)[C@H](C(C)=O)CC[C@@]34O)C2)O[C@H](C)[C@H]1O[C@H]1C[C@H](OC)[C@H](O[C@H]2C[C@@H](OC)[C@H](O[C@H]3C[C@H](OC)[C@H](O[C@H]4C[C@@H](OC)[C@H](O)[C@@H](C)O4)[C@@H](C)O3)[C@@H](C)O2)[C@@H](C)O1. The molecule has 0 aromatic carbocycles. The Kier molecular flexibility index (Phi) is 21.1. The largest absolute Gasteiger partial charge is 0.458 e. The highest BCUT2D eigenvalue weighted by atomic mass is 16.8. The van der Waals surface area contributed by atoms with E-state index in [2.05, 4.69) is 13.0 Å². The van der Waals surface area contributed by atoms with Crippen LogP contribution in [-0.4, -0.2) is 209 Å². The molecule has 0 radical (unpaired) electrons. The molecule has 0 unspecified atom stereocenters. The number of esters is 1. The van der Waals surface area contributed by atoms with E-state index in [-0.39, 0.29) is 42.9 Å². The van der Waals surface area contributed by atoms with Gasteiger partial charge in [-0.15, -0.1) is 0 Å². The Balaban J connectivity index is 0.773. The molecular weight excluding hydrogens is 1090 g/mol. The number of aliphatic hydroxyl groups is 3. The molecule has 8 fully saturated rings. The topological polar surface area (TPSA) is 243 Å². The lowest BCUT2D eigenvalue weighted by molar-refractivity contribution is -0.352. The molecule has 0 aromatic heterocycles. The summed E-state index contributed by atoms with van der Waals surface area (Å²) in [5.41, 5.74) is -2.91. The van der Waals surface area contributed by atoms with Gasteiger partial charge in [-0.2, -0.15) is 0 Å². The third-order valence-electron chi connectivity index (χ3n) is 21.6. The summed E-state index contributed by atoms with van der Waals surface area (Å²) in [4.78, 5) is 26.9. The van der Waals surface area contributed by atoms with Crippen molar-refractivity contribution in [3.8, 4) is 0 Å². The Morgan fingerprint density at radius 2 is 1.01 bits per heavy atom. The van der Waals surface area contributed by atoms with Gasteiger partial charge < -0.3 is 91.1 Å². The zero-order valence-corrected chi connectivity index (χ0v) is 52.8. The number of allylic oxidation sites excluding steroid dienone is 1. The van der Waals surface area contributed by atoms with Crippen LogP contribution in [0.5, 0.6) is 0 Å². The summed E-state index contributed by atoms with van der Waals surface area (Å²) < 4.78 is 101. The minimum atomic E-state index is -1.67. The fourth-order valence-corrected chi connectivity index (χ4v) is 16.4. The molecule has 0 spiro atoms. The molecule has 21 heteroatoms. The van der Waals surface area contributed by atoms with E-state index < -0.39 is 157 Å². The third kappa shape index (κ3) is 12.7. The molecule has 9 aliphatic rings. The van der Waals surface area contributed by atoms with Crippen molar-refractivity contribution in [2.45, 2.75) is 300 Å². The van der Waals surface area contributed by atoms with Crippen molar-refractivity contribution in [2.24, 2.45) is 28.6 Å². The summed E-state index contributed by atoms with van der Waals surface area (Å²) in [5, 5.41) is 36.4. The summed E-state index contributed by atoms with van der Waals surface area (Å²) >= 11 is 0. The molecule has 480 valence electrons. The maximum absolute atomic E-state index is 13.6. The third-order valence-corrected chi connectivity index (χ3v) is 21.6. The number of carbonyl (C=O) groups is 2. The second kappa shape index (κ2) is 26.8. The van der Waals surface area contributed by atoms with Gasteiger partial charge in [-0.1, -0.05) is 44.9 Å². The first-order valence-corrected chi connectivity index (χ1v) is 31.2. The zero-order chi connectivity index (χ0) is 61.0. The molecule has 5 aliphatic heterocycles. The van der Waals surface area contributed by atoms with Gasteiger partial charge in [0.25, 0.3) is 0 Å². The molecule has 5 saturated heterocycles. The van der Waals surface area contributed by atoms with E-state index in [4.69, 9.17) is 75.8 Å². The molecule has 5 heterocycles. The molecular formula is C63H102O21. The van der Waals surface area contributed by atoms with Crippen LogP contribution in [0.3, 0.4) is 0 Å². The van der Waals surface area contributed by atoms with Gasteiger partial charge in [-0.3, -0.25) is 4.79 Å². The number of Topliss-reactive ketones (excluding diaryl/α,β-unsaturated/α-hetero) is 1. The molecule has 21 nitrogen and oxygen atoms in total. The minimum Gasteiger partial charge on any atom is -0.458 e. The first-order chi connectivity index (χ1) is 39.7. The summed E-state index contributed by atoms with van der Waals surface area (Å²) in [5.74, 6) is -1.45. The van der Waals surface area contributed by atoms with Crippen molar-refractivity contribution in [3.05, 3.63) is 23.3 Å². The number of fused-ring (bicyclic) bond motifs is 5. The Bertz CT molecular complexity index is 2300. The smallest absolute Gasteiger partial charge is 0.330 e. The molecule has 0 bridgehead atoms. The van der Waals surface area contributed by atoms with Crippen LogP contribution >= 0.6 is 0 Å². The van der Waals surface area contributed by atoms with E-state index in [1.807, 2.05) is 55.4 Å². The lowest BCUT2D eigenvalue weighted by atomic mass is 9.43. The average Bonchev–Trinajstić information content (AvgIpc) is 1.30. The van der Waals surface area contributed by atoms with Crippen molar-refractivity contribution < 1.29 is 101 Å². The van der Waals surface area contributed by atoms with E-state index in [1.54, 1.807) is 42.5 Å². The number of rotatable bonds is 19. The Labute approximate surface area is 497 Å². The van der Waals surface area contributed by atoms with Crippen LogP contribution in [0.25, 0.3) is 0 Å². The zero-order valence-electron chi connectivity index (χ0n) is 52.8. The maximum Gasteiger partial charge on any atom is 0.330 e. The van der Waals surface area contributed by atoms with Crippen molar-refractivity contribution >= 4 is 11.8 Å². The van der Waals surface area contributed by atoms with Crippen molar-refractivity contribution in [3.63, 3.8) is 0 Å². The van der Waals surface area contributed by atoms with Gasteiger partial charge in [0.15, 0.2) is 31.5 Å². The highest BCUT2D eigenvalue weighted by Crippen LogP contribution is 2.70. The first-order valence-electron chi connectivity index (χ1n) is 31.2. The van der Waals surface area contributed by atoms with Crippen LogP contribution in [0.15, 0.2) is 23.3 Å². The normalized spacial score (nSPS) is 49.1. The Hall–Kier alpha value is -2.10. The number of methoxy groups -OCH3 is 5. The van der Waals surface area contributed by atoms with Crippen LogP contribution in [0.2, 0.25) is 0 Å². The summed E-state index contributed by atoms with van der Waals surface area (Å²) in [6.07, 6.45) is -2.42. The van der Waals surface area contributed by atoms with Gasteiger partial charge in [0.05, 0.1) is 67.1 Å². The number of aliphatic hydroxyl groups excluding tert-OH is 1. The predicted molar refractivity (Wildman–Crippen MR) is 302 cm³/mol. The van der Waals surface area contributed by atoms with E-state index in [0.29, 0.717) is 64.2 Å². The monoisotopic (exact) mass is 1190 g/mol. The van der Waals surface area contributed by atoms with E-state index in [9.17, 15) is 24.9 Å². The van der Waals surface area contributed by atoms with Crippen molar-refractivity contribution in [1.82, 2.24) is 0 Å². The average molecular weight is 1200 g/mol. The highest BCUT2D eigenvalue weighted by Gasteiger charge is 2.77. The molecule has 4 aliphatic carbocycles. The quantitative estimate of drug-likeness (QED) is 0.0706. The van der Waals surface area contributed by atoms with E-state index in [1.165, 1.54) is 13.0 Å². The van der Waals surface area contributed by atoms with Gasteiger partial charge in [0.1, 0.15) is 53.6 Å². The van der Waals surface area contributed by atoms with Gasteiger partial charge in [-0.05, 0) is 105 Å². The second-order valence-electron chi connectivity index (χ2n) is 26.7. The van der Waals surface area contributed by atoms with Crippen molar-refractivity contribution in [2.75, 3.05) is 35.5 Å². The second-order valence-corrected chi connectivity index (χ2v) is 26.7. The molecule has 3 N–H and O–H groups in total. The maximum atomic E-state index is 13.6. The fourth-order valence-electron chi connectivity index (χ4n) is 16.4. The molecule has 9 rings (SSSR count). The summed E-state index contributed by atoms with van der Waals surface area (Å²) in [6, 6.07) is 0. The fraction of sp³-hybridized carbons (Fsp3) is 0.905. The van der Waals surface area contributed by atoms with Crippen molar-refractivity contribution in [1.29, 1.82) is 0 Å². The molecule has 0 aromatic rings.